The fourth-order valence-corrected chi connectivity index (χ4v) is 2.86. The molecule has 2 aromatic carbocycles. The van der Waals surface area contributed by atoms with Gasteiger partial charge in [-0.2, -0.15) is 0 Å². The second-order valence-electron chi connectivity index (χ2n) is 7.41. The monoisotopic (exact) mass is 339 g/mol. The molecule has 2 unspecified atom stereocenters. The van der Waals surface area contributed by atoms with Gasteiger partial charge in [0, 0.05) is 18.1 Å². The van der Waals surface area contributed by atoms with E-state index in [9.17, 15) is 4.79 Å². The maximum absolute atomic E-state index is 12.6. The van der Waals surface area contributed by atoms with Crippen LogP contribution in [0, 0.1) is 0 Å². The van der Waals surface area contributed by atoms with Gasteiger partial charge in [-0.15, -0.1) is 0 Å². The van der Waals surface area contributed by atoms with Crippen molar-refractivity contribution in [3.63, 3.8) is 0 Å². The minimum Gasteiger partial charge on any atom is -0.352 e. The van der Waals surface area contributed by atoms with Crippen molar-refractivity contribution in [1.82, 2.24) is 10.6 Å². The number of amides is 1. The first-order valence-corrected chi connectivity index (χ1v) is 8.68. The molecule has 4 N–H and O–H groups in total. The number of benzene rings is 2. The number of nitrogens with one attached hydrogen (secondary N) is 2. The molecule has 25 heavy (non-hydrogen) atoms. The zero-order valence-electron chi connectivity index (χ0n) is 15.5. The topological polar surface area (TPSA) is 67.1 Å². The first-order valence-electron chi connectivity index (χ1n) is 8.68. The van der Waals surface area contributed by atoms with Crippen LogP contribution in [0.5, 0.6) is 0 Å². The van der Waals surface area contributed by atoms with Crippen LogP contribution >= 0.6 is 0 Å². The zero-order chi connectivity index (χ0) is 18.5. The molecular formula is C21H29N3O. The van der Waals surface area contributed by atoms with Gasteiger partial charge >= 0.3 is 0 Å². The summed E-state index contributed by atoms with van der Waals surface area (Å²) in [6.07, 6.45) is 0. The Hall–Kier alpha value is -2.17. The third-order valence-corrected chi connectivity index (χ3v) is 4.44. The van der Waals surface area contributed by atoms with Crippen molar-refractivity contribution in [2.75, 3.05) is 6.54 Å². The molecule has 2 rings (SSSR count). The Morgan fingerprint density at radius 2 is 1.52 bits per heavy atom. The van der Waals surface area contributed by atoms with Crippen LogP contribution in [0.15, 0.2) is 60.7 Å². The van der Waals surface area contributed by atoms with Gasteiger partial charge in [0.05, 0.1) is 0 Å². The minimum atomic E-state index is -1.05. The Labute approximate surface area is 150 Å². The highest BCUT2D eigenvalue weighted by Gasteiger charge is 2.31. The summed E-state index contributed by atoms with van der Waals surface area (Å²) in [5, 5.41) is 6.56. The molecule has 0 radical (unpaired) electrons. The average molecular weight is 339 g/mol. The molecular weight excluding hydrogens is 310 g/mol. The van der Waals surface area contributed by atoms with E-state index < -0.39 is 5.54 Å². The molecule has 0 spiro atoms. The highest BCUT2D eigenvalue weighted by molar-refractivity contribution is 5.87. The average Bonchev–Trinajstić information content (AvgIpc) is 2.60. The highest BCUT2D eigenvalue weighted by atomic mass is 16.2. The van der Waals surface area contributed by atoms with Crippen LogP contribution in [-0.2, 0) is 10.3 Å². The molecule has 0 saturated carbocycles. The minimum absolute atomic E-state index is 0.180. The quantitative estimate of drug-likeness (QED) is 0.726. The SMILES string of the molecule is CC(NC(C)(C)CNC(=O)C(C)(N)c1ccccc1)c1ccccc1. The van der Waals surface area contributed by atoms with Crippen molar-refractivity contribution < 1.29 is 4.79 Å². The van der Waals surface area contributed by atoms with Crippen LogP contribution < -0.4 is 16.4 Å². The van der Waals surface area contributed by atoms with Crippen molar-refractivity contribution in [3.8, 4) is 0 Å². The lowest BCUT2D eigenvalue weighted by molar-refractivity contribution is -0.126. The maximum atomic E-state index is 12.6. The molecule has 0 aliphatic carbocycles. The molecule has 2 atom stereocenters. The molecule has 2 aromatic rings. The van der Waals surface area contributed by atoms with E-state index >= 15 is 0 Å². The highest BCUT2D eigenvalue weighted by Crippen LogP contribution is 2.19. The fourth-order valence-electron chi connectivity index (χ4n) is 2.86. The number of hydrogen-bond donors (Lipinski definition) is 3. The molecule has 0 aromatic heterocycles. The van der Waals surface area contributed by atoms with E-state index in [0.717, 1.165) is 5.56 Å². The van der Waals surface area contributed by atoms with E-state index in [1.807, 2.05) is 48.5 Å². The fraction of sp³-hybridized carbons (Fsp3) is 0.381. The van der Waals surface area contributed by atoms with E-state index in [-0.39, 0.29) is 17.5 Å². The van der Waals surface area contributed by atoms with Crippen LogP contribution in [0.2, 0.25) is 0 Å². The number of nitrogens with two attached hydrogens (primary N) is 1. The first kappa shape index (κ1) is 19.2. The number of rotatable bonds is 7. The number of carbonyl (C=O) groups excluding carboxylic acids is 1. The van der Waals surface area contributed by atoms with Crippen molar-refractivity contribution in [1.29, 1.82) is 0 Å². The molecule has 0 bridgehead atoms. The standard InChI is InChI=1S/C21H29N3O/c1-16(17-11-7-5-8-12-17)24-20(2,3)15-23-19(25)21(4,22)18-13-9-6-10-14-18/h5-14,16,24H,15,22H2,1-4H3,(H,23,25). The summed E-state index contributed by atoms with van der Waals surface area (Å²) in [6.45, 7) is 8.50. The van der Waals surface area contributed by atoms with Crippen LogP contribution in [0.1, 0.15) is 44.9 Å². The van der Waals surface area contributed by atoms with E-state index in [2.05, 4.69) is 43.5 Å². The van der Waals surface area contributed by atoms with Gasteiger partial charge in [-0.25, -0.2) is 0 Å². The summed E-state index contributed by atoms with van der Waals surface area (Å²) in [5.74, 6) is -0.180. The van der Waals surface area contributed by atoms with Crippen LogP contribution in [-0.4, -0.2) is 18.0 Å². The van der Waals surface area contributed by atoms with Crippen LogP contribution in [0.3, 0.4) is 0 Å². The molecule has 0 fully saturated rings. The smallest absolute Gasteiger partial charge is 0.244 e. The van der Waals surface area contributed by atoms with E-state index in [0.29, 0.717) is 6.54 Å². The van der Waals surface area contributed by atoms with Gasteiger partial charge in [0.2, 0.25) is 5.91 Å². The predicted molar refractivity (Wildman–Crippen MR) is 103 cm³/mol. The Morgan fingerprint density at radius 3 is 2.08 bits per heavy atom. The first-order chi connectivity index (χ1) is 11.7. The largest absolute Gasteiger partial charge is 0.352 e. The van der Waals surface area contributed by atoms with E-state index in [4.69, 9.17) is 5.73 Å². The molecule has 0 aliphatic rings. The summed E-state index contributed by atoms with van der Waals surface area (Å²) in [7, 11) is 0. The van der Waals surface area contributed by atoms with Crippen molar-refractivity contribution >= 4 is 5.91 Å². The summed E-state index contributed by atoms with van der Waals surface area (Å²) >= 11 is 0. The summed E-state index contributed by atoms with van der Waals surface area (Å²) in [6, 6.07) is 19.9. The van der Waals surface area contributed by atoms with Crippen LogP contribution in [0.4, 0.5) is 0 Å². The van der Waals surface area contributed by atoms with Crippen molar-refractivity contribution in [2.45, 2.75) is 44.8 Å². The lowest BCUT2D eigenvalue weighted by Crippen LogP contribution is -2.55. The lowest BCUT2D eigenvalue weighted by Gasteiger charge is -2.32. The molecule has 0 aliphatic heterocycles. The molecule has 1 amide bonds. The van der Waals surface area contributed by atoms with Gasteiger partial charge in [0.15, 0.2) is 0 Å². The molecule has 134 valence electrons. The van der Waals surface area contributed by atoms with Gasteiger partial charge < -0.3 is 16.4 Å². The Bertz CT molecular complexity index is 681. The zero-order valence-corrected chi connectivity index (χ0v) is 15.5. The third kappa shape index (κ3) is 5.15. The second kappa shape index (κ2) is 7.81. The Balaban J connectivity index is 1.96. The molecule has 4 heteroatoms. The van der Waals surface area contributed by atoms with Crippen molar-refractivity contribution in [2.24, 2.45) is 5.73 Å². The van der Waals surface area contributed by atoms with Crippen molar-refractivity contribution in [3.05, 3.63) is 71.8 Å². The molecule has 0 heterocycles. The van der Waals surface area contributed by atoms with Crippen LogP contribution in [0.25, 0.3) is 0 Å². The summed E-state index contributed by atoms with van der Waals surface area (Å²) in [5.41, 5.74) is 6.97. The van der Waals surface area contributed by atoms with Gasteiger partial charge in [0.1, 0.15) is 5.54 Å². The van der Waals surface area contributed by atoms with Gasteiger partial charge in [-0.1, -0.05) is 60.7 Å². The van der Waals surface area contributed by atoms with E-state index in [1.165, 1.54) is 5.56 Å². The molecule has 0 saturated heterocycles. The van der Waals surface area contributed by atoms with Gasteiger partial charge in [-0.3, -0.25) is 4.79 Å². The van der Waals surface area contributed by atoms with E-state index in [1.54, 1.807) is 6.92 Å². The molecule has 4 nitrogen and oxygen atoms in total. The number of hydrogen-bond acceptors (Lipinski definition) is 3. The third-order valence-electron chi connectivity index (χ3n) is 4.44. The lowest BCUT2D eigenvalue weighted by atomic mass is 9.92. The second-order valence-corrected chi connectivity index (χ2v) is 7.41. The Morgan fingerprint density at radius 1 is 1.00 bits per heavy atom. The number of carbonyl (C=O) groups is 1. The van der Waals surface area contributed by atoms with Gasteiger partial charge in [0.25, 0.3) is 0 Å². The maximum Gasteiger partial charge on any atom is 0.244 e. The van der Waals surface area contributed by atoms with Gasteiger partial charge in [-0.05, 0) is 38.8 Å². The predicted octanol–water partition coefficient (Wildman–Crippen LogP) is 3.11. The normalized spacial score (nSPS) is 15.2. The Kier molecular flexibility index (Phi) is 5.98. The summed E-state index contributed by atoms with van der Waals surface area (Å²) < 4.78 is 0. The summed E-state index contributed by atoms with van der Waals surface area (Å²) in [4.78, 5) is 12.6.